The Morgan fingerprint density at radius 1 is 1.27 bits per heavy atom. The minimum atomic E-state index is 0.271. The third-order valence-electron chi connectivity index (χ3n) is 4.82. The Hall–Kier alpha value is -1.85. The van der Waals surface area contributed by atoms with Gasteiger partial charge in [-0.3, -0.25) is 4.79 Å². The van der Waals surface area contributed by atoms with Gasteiger partial charge in [0, 0.05) is 31.3 Å². The Kier molecular flexibility index (Phi) is 4.18. The molecule has 0 saturated carbocycles. The molecule has 3 rings (SSSR count). The zero-order valence-electron chi connectivity index (χ0n) is 13.5. The topological polar surface area (TPSA) is 75.4 Å². The molecule has 1 amide bonds. The van der Waals surface area contributed by atoms with Gasteiger partial charge in [0.1, 0.15) is 5.82 Å². The van der Waals surface area contributed by atoms with Gasteiger partial charge in [0.2, 0.25) is 11.9 Å². The summed E-state index contributed by atoms with van der Waals surface area (Å²) in [5, 5.41) is 0. The van der Waals surface area contributed by atoms with Crippen molar-refractivity contribution < 1.29 is 4.79 Å². The standard InChI is InChI=1S/C16H25N5O/c1-3-15(22)21-9-5-7-13(21)12-6-4-8-20(12)14-10-11(2)18-16(17)19-14/h10,12-13H,3-9H2,1-2H3,(H2,17,18,19)/t12-,13-/m0/s1. The van der Waals surface area contributed by atoms with Crippen LogP contribution in [0.3, 0.4) is 0 Å². The van der Waals surface area contributed by atoms with Crippen LogP contribution in [0.4, 0.5) is 11.8 Å². The van der Waals surface area contributed by atoms with E-state index >= 15 is 0 Å². The highest BCUT2D eigenvalue weighted by Crippen LogP contribution is 2.33. The Morgan fingerprint density at radius 3 is 2.73 bits per heavy atom. The van der Waals surface area contributed by atoms with E-state index in [0.717, 1.165) is 50.3 Å². The van der Waals surface area contributed by atoms with Gasteiger partial charge >= 0.3 is 0 Å². The fourth-order valence-electron chi connectivity index (χ4n) is 3.90. The summed E-state index contributed by atoms with van der Waals surface area (Å²) in [6.45, 7) is 5.76. The summed E-state index contributed by atoms with van der Waals surface area (Å²) in [6, 6.07) is 2.66. The van der Waals surface area contributed by atoms with Gasteiger partial charge in [-0.25, -0.2) is 4.98 Å². The monoisotopic (exact) mass is 303 g/mol. The zero-order valence-corrected chi connectivity index (χ0v) is 13.5. The van der Waals surface area contributed by atoms with Crippen molar-refractivity contribution in [2.45, 2.75) is 58.0 Å². The number of nitrogens with zero attached hydrogens (tertiary/aromatic N) is 4. The summed E-state index contributed by atoms with van der Waals surface area (Å²) in [6.07, 6.45) is 5.03. The summed E-state index contributed by atoms with van der Waals surface area (Å²) < 4.78 is 0. The number of hydrogen-bond donors (Lipinski definition) is 1. The lowest BCUT2D eigenvalue weighted by atomic mass is 10.0. The molecule has 0 aliphatic carbocycles. The largest absolute Gasteiger partial charge is 0.368 e. The summed E-state index contributed by atoms with van der Waals surface area (Å²) in [7, 11) is 0. The van der Waals surface area contributed by atoms with Crippen LogP contribution in [-0.4, -0.2) is 45.9 Å². The zero-order chi connectivity index (χ0) is 15.7. The van der Waals surface area contributed by atoms with Crippen molar-refractivity contribution in [1.29, 1.82) is 0 Å². The first-order valence-corrected chi connectivity index (χ1v) is 8.27. The maximum absolute atomic E-state index is 12.2. The van der Waals surface area contributed by atoms with Crippen molar-refractivity contribution in [2.24, 2.45) is 0 Å². The fourth-order valence-corrected chi connectivity index (χ4v) is 3.90. The van der Waals surface area contributed by atoms with Crippen LogP contribution >= 0.6 is 0 Å². The van der Waals surface area contributed by atoms with Crippen LogP contribution < -0.4 is 10.6 Å². The normalized spacial score (nSPS) is 25.0. The highest BCUT2D eigenvalue weighted by molar-refractivity contribution is 5.76. The first kappa shape index (κ1) is 15.1. The molecule has 0 bridgehead atoms. The quantitative estimate of drug-likeness (QED) is 0.920. The van der Waals surface area contributed by atoms with E-state index in [1.807, 2.05) is 19.9 Å². The SMILES string of the molecule is CCC(=O)N1CCC[C@H]1[C@@H]1CCCN1c1cc(C)nc(N)n1. The fraction of sp³-hybridized carbons (Fsp3) is 0.688. The predicted molar refractivity (Wildman–Crippen MR) is 86.6 cm³/mol. The number of aromatic nitrogens is 2. The molecule has 3 heterocycles. The van der Waals surface area contributed by atoms with E-state index < -0.39 is 0 Å². The number of aryl methyl sites for hydroxylation is 1. The number of nitrogen functional groups attached to an aromatic ring is 1. The van der Waals surface area contributed by atoms with Crippen LogP contribution in [-0.2, 0) is 4.79 Å². The molecule has 0 spiro atoms. The molecular formula is C16H25N5O. The number of carbonyl (C=O) groups excluding carboxylic acids is 1. The number of rotatable bonds is 3. The van der Waals surface area contributed by atoms with Gasteiger partial charge in [0.25, 0.3) is 0 Å². The van der Waals surface area contributed by atoms with Gasteiger partial charge in [-0.2, -0.15) is 4.98 Å². The van der Waals surface area contributed by atoms with Crippen molar-refractivity contribution in [2.75, 3.05) is 23.7 Å². The number of nitrogens with two attached hydrogens (primary N) is 1. The van der Waals surface area contributed by atoms with E-state index in [0.29, 0.717) is 24.5 Å². The van der Waals surface area contributed by atoms with Gasteiger partial charge < -0.3 is 15.5 Å². The maximum atomic E-state index is 12.2. The van der Waals surface area contributed by atoms with E-state index in [1.165, 1.54) is 0 Å². The molecule has 6 heteroatoms. The average molecular weight is 303 g/mol. The molecule has 1 aromatic heterocycles. The van der Waals surface area contributed by atoms with Gasteiger partial charge in [-0.15, -0.1) is 0 Å². The van der Waals surface area contributed by atoms with Crippen molar-refractivity contribution in [1.82, 2.24) is 14.9 Å². The van der Waals surface area contributed by atoms with Gasteiger partial charge in [0.05, 0.1) is 12.1 Å². The number of anilines is 2. The molecule has 2 saturated heterocycles. The van der Waals surface area contributed by atoms with E-state index in [2.05, 4.69) is 19.8 Å². The maximum Gasteiger partial charge on any atom is 0.222 e. The molecule has 2 aliphatic rings. The molecule has 2 fully saturated rings. The molecule has 1 aromatic rings. The Morgan fingerprint density at radius 2 is 2.00 bits per heavy atom. The minimum absolute atomic E-state index is 0.271. The average Bonchev–Trinajstić information content (AvgIpc) is 3.13. The van der Waals surface area contributed by atoms with Crippen LogP contribution in [0.2, 0.25) is 0 Å². The van der Waals surface area contributed by atoms with E-state index in [1.54, 1.807) is 0 Å². The molecule has 120 valence electrons. The number of hydrogen-bond acceptors (Lipinski definition) is 5. The lowest BCUT2D eigenvalue weighted by molar-refractivity contribution is -0.132. The third kappa shape index (κ3) is 2.74. The summed E-state index contributed by atoms with van der Waals surface area (Å²) in [5.41, 5.74) is 6.70. The van der Waals surface area contributed by atoms with Crippen LogP contribution in [0.1, 0.15) is 44.7 Å². The number of carbonyl (C=O) groups is 1. The Labute approximate surface area is 131 Å². The molecule has 2 atom stereocenters. The summed E-state index contributed by atoms with van der Waals surface area (Å²) in [5.74, 6) is 1.50. The lowest BCUT2D eigenvalue weighted by Crippen LogP contribution is -2.48. The molecule has 0 aromatic carbocycles. The second kappa shape index (κ2) is 6.10. The minimum Gasteiger partial charge on any atom is -0.368 e. The summed E-state index contributed by atoms with van der Waals surface area (Å²) >= 11 is 0. The molecular weight excluding hydrogens is 278 g/mol. The Balaban J connectivity index is 1.85. The van der Waals surface area contributed by atoms with Crippen molar-refractivity contribution >= 4 is 17.7 Å². The first-order valence-electron chi connectivity index (χ1n) is 8.27. The summed E-state index contributed by atoms with van der Waals surface area (Å²) in [4.78, 5) is 25.2. The second-order valence-electron chi connectivity index (χ2n) is 6.28. The molecule has 2 aliphatic heterocycles. The van der Waals surface area contributed by atoms with E-state index in [4.69, 9.17) is 5.73 Å². The molecule has 6 nitrogen and oxygen atoms in total. The third-order valence-corrected chi connectivity index (χ3v) is 4.82. The predicted octanol–water partition coefficient (Wildman–Crippen LogP) is 1.74. The molecule has 2 N–H and O–H groups in total. The van der Waals surface area contributed by atoms with E-state index in [-0.39, 0.29) is 5.91 Å². The molecule has 0 radical (unpaired) electrons. The van der Waals surface area contributed by atoms with Gasteiger partial charge in [0.15, 0.2) is 0 Å². The second-order valence-corrected chi connectivity index (χ2v) is 6.28. The van der Waals surface area contributed by atoms with Crippen LogP contribution in [0.5, 0.6) is 0 Å². The Bertz CT molecular complexity index is 541. The van der Waals surface area contributed by atoms with Gasteiger partial charge in [-0.05, 0) is 32.6 Å². The van der Waals surface area contributed by atoms with Crippen molar-refractivity contribution in [3.8, 4) is 0 Å². The number of likely N-dealkylation sites (tertiary alicyclic amines) is 1. The van der Waals surface area contributed by atoms with Crippen molar-refractivity contribution in [3.63, 3.8) is 0 Å². The lowest BCUT2D eigenvalue weighted by Gasteiger charge is -2.35. The highest BCUT2D eigenvalue weighted by Gasteiger charge is 2.39. The van der Waals surface area contributed by atoms with E-state index in [9.17, 15) is 4.79 Å². The van der Waals surface area contributed by atoms with Crippen molar-refractivity contribution in [3.05, 3.63) is 11.8 Å². The first-order chi connectivity index (χ1) is 10.6. The highest BCUT2D eigenvalue weighted by atomic mass is 16.2. The van der Waals surface area contributed by atoms with Crippen LogP contribution in [0, 0.1) is 6.92 Å². The molecule has 0 unspecified atom stereocenters. The van der Waals surface area contributed by atoms with Crippen LogP contribution in [0.25, 0.3) is 0 Å². The molecule has 22 heavy (non-hydrogen) atoms. The number of amides is 1. The smallest absolute Gasteiger partial charge is 0.222 e. The van der Waals surface area contributed by atoms with Crippen LogP contribution in [0.15, 0.2) is 6.07 Å². The van der Waals surface area contributed by atoms with Gasteiger partial charge in [-0.1, -0.05) is 6.92 Å².